The first-order valence-corrected chi connectivity index (χ1v) is 5.58. The normalized spacial score (nSPS) is 10.3. The molecule has 0 saturated heterocycles. The third-order valence-corrected chi connectivity index (χ3v) is 2.37. The van der Waals surface area contributed by atoms with Crippen LogP contribution in [0.25, 0.3) is 0 Å². The van der Waals surface area contributed by atoms with E-state index in [1.54, 1.807) is 10.9 Å². The van der Waals surface area contributed by atoms with E-state index in [0.29, 0.717) is 12.3 Å². The van der Waals surface area contributed by atoms with Crippen molar-refractivity contribution in [3.63, 3.8) is 0 Å². The van der Waals surface area contributed by atoms with Crippen LogP contribution >= 0.6 is 0 Å². The Bertz CT molecular complexity index is 561. The van der Waals surface area contributed by atoms with Crippen LogP contribution in [-0.4, -0.2) is 32.0 Å². The molecule has 0 aromatic carbocycles. The highest BCUT2D eigenvalue weighted by molar-refractivity contribution is 5.84. The summed E-state index contributed by atoms with van der Waals surface area (Å²) < 4.78 is 6.55. The van der Waals surface area contributed by atoms with Gasteiger partial charge >= 0.3 is 5.97 Å². The number of rotatable bonds is 6. The molecule has 0 radical (unpaired) electrons. The van der Waals surface area contributed by atoms with Gasteiger partial charge in [-0.3, -0.25) is 9.48 Å². The molecule has 19 heavy (non-hydrogen) atoms. The lowest BCUT2D eigenvalue weighted by molar-refractivity contribution is -0.121. The van der Waals surface area contributed by atoms with Crippen LogP contribution in [0.1, 0.15) is 22.7 Å². The molecule has 2 heterocycles. The molecular formula is C11H12N4O4. The number of hydrogen-bond donors (Lipinski definition) is 2. The number of aryl methyl sites for hydroxylation is 1. The summed E-state index contributed by atoms with van der Waals surface area (Å²) in [6.45, 7) is 0.591. The number of amides is 1. The number of carbonyl (C=O) groups is 2. The second-order valence-electron chi connectivity index (χ2n) is 3.76. The van der Waals surface area contributed by atoms with Crippen molar-refractivity contribution >= 4 is 11.9 Å². The molecule has 0 atom stereocenters. The Labute approximate surface area is 108 Å². The Morgan fingerprint density at radius 2 is 2.26 bits per heavy atom. The second kappa shape index (κ2) is 5.80. The summed E-state index contributed by atoms with van der Waals surface area (Å²) in [4.78, 5) is 22.1. The van der Waals surface area contributed by atoms with Crippen molar-refractivity contribution in [1.82, 2.24) is 20.3 Å². The number of furan rings is 1. The summed E-state index contributed by atoms with van der Waals surface area (Å²) >= 11 is 0. The molecule has 2 N–H and O–H groups in total. The fraction of sp³-hybridized carbons (Fsp3) is 0.273. The maximum atomic E-state index is 11.5. The van der Waals surface area contributed by atoms with Gasteiger partial charge in [-0.1, -0.05) is 5.21 Å². The van der Waals surface area contributed by atoms with Crippen LogP contribution < -0.4 is 5.32 Å². The fourth-order valence-electron chi connectivity index (χ4n) is 1.43. The average molecular weight is 264 g/mol. The van der Waals surface area contributed by atoms with E-state index in [1.807, 2.05) is 0 Å². The largest absolute Gasteiger partial charge is 0.475 e. The number of hydrogen-bond acceptors (Lipinski definition) is 5. The van der Waals surface area contributed by atoms with Gasteiger partial charge in [0.1, 0.15) is 5.76 Å². The zero-order valence-corrected chi connectivity index (χ0v) is 9.94. The summed E-state index contributed by atoms with van der Waals surface area (Å²) in [6, 6.07) is 2.86. The Hall–Kier alpha value is -2.64. The van der Waals surface area contributed by atoms with Crippen LogP contribution in [0.15, 0.2) is 28.9 Å². The van der Waals surface area contributed by atoms with E-state index in [1.165, 1.54) is 18.3 Å². The summed E-state index contributed by atoms with van der Waals surface area (Å²) in [5, 5.41) is 18.7. The van der Waals surface area contributed by atoms with Crippen LogP contribution in [0.5, 0.6) is 0 Å². The van der Waals surface area contributed by atoms with Crippen molar-refractivity contribution < 1.29 is 19.1 Å². The van der Waals surface area contributed by atoms with E-state index in [-0.39, 0.29) is 24.6 Å². The number of nitrogens with one attached hydrogen (secondary N) is 1. The van der Waals surface area contributed by atoms with E-state index in [0.717, 1.165) is 0 Å². The Balaban J connectivity index is 1.75. The molecule has 1 amide bonds. The predicted octanol–water partition coefficient (Wildman–Crippen LogP) is 0.276. The molecule has 2 rings (SSSR count). The first-order chi connectivity index (χ1) is 9.15. The van der Waals surface area contributed by atoms with Gasteiger partial charge in [0.2, 0.25) is 11.7 Å². The maximum absolute atomic E-state index is 11.5. The van der Waals surface area contributed by atoms with E-state index in [9.17, 15) is 9.59 Å². The number of carboxylic acids is 1. The zero-order valence-electron chi connectivity index (χ0n) is 9.94. The predicted molar refractivity (Wildman–Crippen MR) is 62.2 cm³/mol. The number of nitrogens with zero attached hydrogens (tertiary/aromatic N) is 3. The molecule has 2 aromatic heterocycles. The van der Waals surface area contributed by atoms with Crippen molar-refractivity contribution in [2.45, 2.75) is 19.5 Å². The highest BCUT2D eigenvalue weighted by Gasteiger charge is 2.09. The van der Waals surface area contributed by atoms with Crippen molar-refractivity contribution in [3.8, 4) is 0 Å². The SMILES string of the molecule is O=C(CCn1ccnn1)NCc1ccc(C(=O)O)o1. The van der Waals surface area contributed by atoms with Gasteiger partial charge in [0, 0.05) is 12.6 Å². The monoisotopic (exact) mass is 264 g/mol. The molecule has 0 aliphatic carbocycles. The topological polar surface area (TPSA) is 110 Å². The third-order valence-electron chi connectivity index (χ3n) is 2.37. The molecule has 0 fully saturated rings. The minimum Gasteiger partial charge on any atom is -0.475 e. The van der Waals surface area contributed by atoms with E-state index >= 15 is 0 Å². The first kappa shape index (κ1) is 12.8. The summed E-state index contributed by atoms with van der Waals surface area (Å²) in [5.74, 6) is -1.06. The van der Waals surface area contributed by atoms with Gasteiger partial charge in [0.05, 0.1) is 19.3 Å². The van der Waals surface area contributed by atoms with Gasteiger partial charge in [-0.05, 0) is 12.1 Å². The molecule has 0 saturated carbocycles. The lowest BCUT2D eigenvalue weighted by atomic mass is 10.3. The van der Waals surface area contributed by atoms with Gasteiger partial charge in [0.15, 0.2) is 0 Å². The highest BCUT2D eigenvalue weighted by Crippen LogP contribution is 2.07. The van der Waals surface area contributed by atoms with Crippen molar-refractivity contribution in [1.29, 1.82) is 0 Å². The van der Waals surface area contributed by atoms with Crippen LogP contribution in [0.2, 0.25) is 0 Å². The fourth-order valence-corrected chi connectivity index (χ4v) is 1.43. The number of carbonyl (C=O) groups excluding carboxylic acids is 1. The highest BCUT2D eigenvalue weighted by atomic mass is 16.4. The maximum Gasteiger partial charge on any atom is 0.371 e. The van der Waals surface area contributed by atoms with Gasteiger partial charge in [0.25, 0.3) is 0 Å². The molecule has 0 aliphatic rings. The van der Waals surface area contributed by atoms with Crippen molar-refractivity contribution in [3.05, 3.63) is 36.0 Å². The molecule has 2 aromatic rings. The molecular weight excluding hydrogens is 252 g/mol. The molecule has 0 unspecified atom stereocenters. The van der Waals surface area contributed by atoms with Crippen LogP contribution in [0.3, 0.4) is 0 Å². The van der Waals surface area contributed by atoms with E-state index in [4.69, 9.17) is 9.52 Å². The van der Waals surface area contributed by atoms with Gasteiger partial charge in [-0.15, -0.1) is 5.10 Å². The molecule has 100 valence electrons. The van der Waals surface area contributed by atoms with Crippen molar-refractivity contribution in [2.75, 3.05) is 0 Å². The second-order valence-corrected chi connectivity index (χ2v) is 3.76. The van der Waals surface area contributed by atoms with Gasteiger partial charge in [-0.25, -0.2) is 4.79 Å². The van der Waals surface area contributed by atoms with E-state index < -0.39 is 5.97 Å². The van der Waals surface area contributed by atoms with Crippen molar-refractivity contribution in [2.24, 2.45) is 0 Å². The quantitative estimate of drug-likeness (QED) is 0.775. The molecule has 0 spiro atoms. The zero-order chi connectivity index (χ0) is 13.7. The third kappa shape index (κ3) is 3.66. The summed E-state index contributed by atoms with van der Waals surface area (Å²) in [5.41, 5.74) is 0. The Morgan fingerprint density at radius 1 is 1.42 bits per heavy atom. The molecule has 8 heteroatoms. The standard InChI is InChI=1S/C11H12N4O4/c16-10(3-5-15-6-4-13-14-15)12-7-8-1-2-9(19-8)11(17)18/h1-2,4,6H,3,5,7H2,(H,12,16)(H,17,18). The smallest absolute Gasteiger partial charge is 0.371 e. The number of aromatic carboxylic acids is 1. The molecule has 0 aliphatic heterocycles. The Morgan fingerprint density at radius 3 is 2.89 bits per heavy atom. The molecule has 0 bridgehead atoms. The Kier molecular flexibility index (Phi) is 3.91. The minimum atomic E-state index is -1.14. The first-order valence-electron chi connectivity index (χ1n) is 5.58. The van der Waals surface area contributed by atoms with Gasteiger partial charge < -0.3 is 14.8 Å². The van der Waals surface area contributed by atoms with Crippen LogP contribution in [0.4, 0.5) is 0 Å². The summed E-state index contributed by atoms with van der Waals surface area (Å²) in [7, 11) is 0. The number of aromatic nitrogens is 3. The van der Waals surface area contributed by atoms with Crippen LogP contribution in [-0.2, 0) is 17.9 Å². The van der Waals surface area contributed by atoms with Crippen LogP contribution in [0, 0.1) is 0 Å². The lowest BCUT2D eigenvalue weighted by Gasteiger charge is -2.03. The minimum absolute atomic E-state index is 0.146. The van der Waals surface area contributed by atoms with E-state index in [2.05, 4.69) is 15.6 Å². The average Bonchev–Trinajstić information content (AvgIpc) is 3.05. The van der Waals surface area contributed by atoms with Gasteiger partial charge in [-0.2, -0.15) is 0 Å². The summed E-state index contributed by atoms with van der Waals surface area (Å²) in [6.07, 6.45) is 3.46. The number of carboxylic acid groups (broad SMARTS) is 1. The molecule has 8 nitrogen and oxygen atoms in total. The lowest BCUT2D eigenvalue weighted by Crippen LogP contribution is -2.23.